The van der Waals surface area contributed by atoms with E-state index in [9.17, 15) is 4.39 Å². The van der Waals surface area contributed by atoms with E-state index in [1.807, 2.05) is 5.38 Å². The lowest BCUT2D eigenvalue weighted by Gasteiger charge is -2.35. The highest BCUT2D eigenvalue weighted by Gasteiger charge is 2.29. The van der Waals surface area contributed by atoms with Crippen molar-refractivity contribution in [3.8, 4) is 0 Å². The van der Waals surface area contributed by atoms with Crippen LogP contribution in [-0.2, 0) is 0 Å². The van der Waals surface area contributed by atoms with Gasteiger partial charge in [0.1, 0.15) is 5.82 Å². The number of hydrogen-bond acceptors (Lipinski definition) is 3. The second-order valence-electron chi connectivity index (χ2n) is 5.34. The quantitative estimate of drug-likeness (QED) is 0.879. The Bertz CT molecular complexity index is 613. The van der Waals surface area contributed by atoms with Gasteiger partial charge in [0.05, 0.1) is 6.04 Å². The predicted molar refractivity (Wildman–Crippen MR) is 94.0 cm³/mol. The Morgan fingerprint density at radius 3 is 2.64 bits per heavy atom. The van der Waals surface area contributed by atoms with Crippen molar-refractivity contribution in [2.45, 2.75) is 13.0 Å². The van der Waals surface area contributed by atoms with Gasteiger partial charge in [-0.3, -0.25) is 4.90 Å². The second kappa shape index (κ2) is 7.75. The van der Waals surface area contributed by atoms with Crippen LogP contribution in [-0.4, -0.2) is 31.1 Å². The van der Waals surface area contributed by atoms with Crippen LogP contribution >= 0.6 is 35.3 Å². The van der Waals surface area contributed by atoms with Crippen molar-refractivity contribution in [1.29, 1.82) is 0 Å². The van der Waals surface area contributed by atoms with Gasteiger partial charge in [0, 0.05) is 36.8 Å². The standard InChI is InChI=1S/C16H18ClFN2S.ClH/c1-11-2-3-13(17)14(15(11)18)16(12-4-9-21-10-12)20-7-5-19-6-8-20;/h2-4,9-10,16,19H,5-8H2,1H3;1H/t16-;/m0./s1. The molecule has 2 aromatic rings. The molecule has 3 rings (SSSR count). The molecule has 0 spiro atoms. The highest BCUT2D eigenvalue weighted by atomic mass is 35.5. The zero-order chi connectivity index (χ0) is 14.8. The average molecular weight is 361 g/mol. The van der Waals surface area contributed by atoms with Crippen molar-refractivity contribution in [2.75, 3.05) is 26.2 Å². The van der Waals surface area contributed by atoms with Gasteiger partial charge in [-0.15, -0.1) is 12.4 Å². The van der Waals surface area contributed by atoms with Gasteiger partial charge in [0.15, 0.2) is 0 Å². The Hall–Kier alpha value is -0.650. The van der Waals surface area contributed by atoms with E-state index >= 15 is 0 Å². The minimum Gasteiger partial charge on any atom is -0.314 e. The molecule has 1 aliphatic rings. The fraction of sp³-hybridized carbons (Fsp3) is 0.375. The summed E-state index contributed by atoms with van der Waals surface area (Å²) in [7, 11) is 0. The monoisotopic (exact) mass is 360 g/mol. The van der Waals surface area contributed by atoms with Crippen molar-refractivity contribution in [1.82, 2.24) is 10.2 Å². The molecular weight excluding hydrogens is 342 g/mol. The molecular formula is C16H19Cl2FN2S. The maximum absolute atomic E-state index is 14.7. The molecule has 0 unspecified atom stereocenters. The third kappa shape index (κ3) is 3.47. The summed E-state index contributed by atoms with van der Waals surface area (Å²) in [6.07, 6.45) is 0. The van der Waals surface area contributed by atoms with E-state index in [4.69, 9.17) is 11.6 Å². The molecule has 120 valence electrons. The maximum atomic E-state index is 14.7. The molecule has 22 heavy (non-hydrogen) atoms. The van der Waals surface area contributed by atoms with Crippen molar-refractivity contribution >= 4 is 35.3 Å². The number of nitrogens with one attached hydrogen (secondary N) is 1. The van der Waals surface area contributed by atoms with Crippen LogP contribution in [0, 0.1) is 12.7 Å². The Morgan fingerprint density at radius 2 is 2.00 bits per heavy atom. The molecule has 1 aliphatic heterocycles. The highest BCUT2D eigenvalue weighted by molar-refractivity contribution is 7.08. The van der Waals surface area contributed by atoms with Crippen LogP contribution in [0.25, 0.3) is 0 Å². The average Bonchev–Trinajstić information content (AvgIpc) is 3.02. The van der Waals surface area contributed by atoms with Gasteiger partial charge < -0.3 is 5.32 Å². The Labute approximate surface area is 145 Å². The topological polar surface area (TPSA) is 15.3 Å². The maximum Gasteiger partial charge on any atom is 0.132 e. The number of nitrogens with zero attached hydrogens (tertiary/aromatic N) is 1. The second-order valence-corrected chi connectivity index (χ2v) is 6.52. The van der Waals surface area contributed by atoms with Gasteiger partial charge in [0.2, 0.25) is 0 Å². The predicted octanol–water partition coefficient (Wildman–Crippen LogP) is 4.27. The molecule has 0 amide bonds. The molecule has 1 aromatic carbocycles. The van der Waals surface area contributed by atoms with Crippen molar-refractivity contribution < 1.29 is 4.39 Å². The van der Waals surface area contributed by atoms with Crippen LogP contribution in [0.2, 0.25) is 5.02 Å². The van der Waals surface area contributed by atoms with Gasteiger partial charge in [-0.2, -0.15) is 11.3 Å². The fourth-order valence-corrected chi connectivity index (χ4v) is 3.79. The largest absolute Gasteiger partial charge is 0.314 e. The van der Waals surface area contributed by atoms with Crippen LogP contribution in [0.1, 0.15) is 22.7 Å². The molecule has 1 saturated heterocycles. The number of piperazine rings is 1. The number of benzene rings is 1. The molecule has 2 nitrogen and oxygen atoms in total. The fourth-order valence-electron chi connectivity index (χ4n) is 2.86. The zero-order valence-corrected chi connectivity index (χ0v) is 14.7. The first-order valence-corrected chi connectivity index (χ1v) is 8.42. The summed E-state index contributed by atoms with van der Waals surface area (Å²) in [5.74, 6) is -0.183. The van der Waals surface area contributed by atoms with Gasteiger partial charge in [0.25, 0.3) is 0 Å². The number of aryl methyl sites for hydroxylation is 1. The van der Waals surface area contributed by atoms with E-state index in [2.05, 4.69) is 21.7 Å². The first-order valence-electron chi connectivity index (χ1n) is 7.10. The zero-order valence-electron chi connectivity index (χ0n) is 12.3. The lowest BCUT2D eigenvalue weighted by Crippen LogP contribution is -2.45. The van der Waals surface area contributed by atoms with Crippen LogP contribution < -0.4 is 5.32 Å². The number of thiophene rings is 1. The molecule has 0 saturated carbocycles. The number of rotatable bonds is 3. The minimum absolute atomic E-state index is 0. The smallest absolute Gasteiger partial charge is 0.132 e. The number of halogens is 3. The molecule has 1 aromatic heterocycles. The van der Waals surface area contributed by atoms with E-state index in [0.29, 0.717) is 16.1 Å². The van der Waals surface area contributed by atoms with E-state index in [-0.39, 0.29) is 24.3 Å². The summed E-state index contributed by atoms with van der Waals surface area (Å²) >= 11 is 7.99. The summed E-state index contributed by atoms with van der Waals surface area (Å²) in [4.78, 5) is 2.31. The van der Waals surface area contributed by atoms with Gasteiger partial charge in [-0.05, 0) is 40.9 Å². The minimum atomic E-state index is -0.183. The van der Waals surface area contributed by atoms with Crippen LogP contribution in [0.3, 0.4) is 0 Å². The van der Waals surface area contributed by atoms with Crippen LogP contribution in [0.15, 0.2) is 29.0 Å². The Kier molecular flexibility index (Phi) is 6.24. The van der Waals surface area contributed by atoms with Gasteiger partial charge in [-0.25, -0.2) is 4.39 Å². The Morgan fingerprint density at radius 1 is 1.27 bits per heavy atom. The number of hydrogen-bond donors (Lipinski definition) is 1. The molecule has 0 aliphatic carbocycles. The van der Waals surface area contributed by atoms with Crippen molar-refractivity contribution in [2.24, 2.45) is 0 Å². The van der Waals surface area contributed by atoms with E-state index in [0.717, 1.165) is 31.7 Å². The molecule has 1 atom stereocenters. The highest BCUT2D eigenvalue weighted by Crippen LogP contribution is 2.37. The molecule has 1 fully saturated rings. The van der Waals surface area contributed by atoms with Gasteiger partial charge >= 0.3 is 0 Å². The Balaban J connectivity index is 0.00000176. The summed E-state index contributed by atoms with van der Waals surface area (Å²) in [6, 6.07) is 5.50. The van der Waals surface area contributed by atoms with Crippen molar-refractivity contribution in [3.63, 3.8) is 0 Å². The third-order valence-electron chi connectivity index (χ3n) is 3.97. The molecule has 0 radical (unpaired) electrons. The van der Waals surface area contributed by atoms with Crippen LogP contribution in [0.5, 0.6) is 0 Å². The summed E-state index contributed by atoms with van der Waals surface area (Å²) in [5.41, 5.74) is 2.37. The first kappa shape index (κ1) is 17.7. The van der Waals surface area contributed by atoms with E-state index in [1.165, 1.54) is 0 Å². The lowest BCUT2D eigenvalue weighted by atomic mass is 9.96. The van der Waals surface area contributed by atoms with E-state index in [1.54, 1.807) is 30.4 Å². The van der Waals surface area contributed by atoms with Crippen LogP contribution in [0.4, 0.5) is 4.39 Å². The summed E-state index contributed by atoms with van der Waals surface area (Å²) < 4.78 is 14.7. The van der Waals surface area contributed by atoms with Crippen molar-refractivity contribution in [3.05, 3.63) is 56.5 Å². The molecule has 0 bridgehead atoms. The summed E-state index contributed by atoms with van der Waals surface area (Å²) in [5, 5.41) is 7.97. The molecule has 1 N–H and O–H groups in total. The molecule has 6 heteroatoms. The van der Waals surface area contributed by atoms with E-state index < -0.39 is 0 Å². The molecule has 2 heterocycles. The first-order chi connectivity index (χ1) is 10.2. The normalized spacial score (nSPS) is 17.0. The summed E-state index contributed by atoms with van der Waals surface area (Å²) in [6.45, 7) is 5.42. The lowest BCUT2D eigenvalue weighted by molar-refractivity contribution is 0.195. The van der Waals surface area contributed by atoms with Gasteiger partial charge in [-0.1, -0.05) is 17.7 Å². The SMILES string of the molecule is Cc1ccc(Cl)c([C@H](c2ccsc2)N2CCNCC2)c1F.Cl. The third-order valence-corrected chi connectivity index (χ3v) is 5.00.